The third-order valence-corrected chi connectivity index (χ3v) is 7.01. The zero-order chi connectivity index (χ0) is 17.2. The van der Waals surface area contributed by atoms with Crippen LogP contribution in [0.3, 0.4) is 0 Å². The van der Waals surface area contributed by atoms with Crippen molar-refractivity contribution in [2.24, 2.45) is 0 Å². The van der Waals surface area contributed by atoms with E-state index in [0.717, 1.165) is 37.7 Å². The van der Waals surface area contributed by atoms with Crippen LogP contribution in [0.4, 0.5) is 0 Å². The summed E-state index contributed by atoms with van der Waals surface area (Å²) in [6.45, 7) is 2.05. The van der Waals surface area contributed by atoms with Crippen LogP contribution in [0, 0.1) is 0 Å². The minimum absolute atomic E-state index is 0.0979. The fourth-order valence-corrected chi connectivity index (χ4v) is 5.64. The summed E-state index contributed by atoms with van der Waals surface area (Å²) in [5.74, 6) is 0.193. The van der Waals surface area contributed by atoms with Crippen LogP contribution >= 0.6 is 0 Å². The van der Waals surface area contributed by atoms with Gasteiger partial charge in [0.1, 0.15) is 5.69 Å². The first-order valence-electron chi connectivity index (χ1n) is 8.98. The maximum absolute atomic E-state index is 13.2. The summed E-state index contributed by atoms with van der Waals surface area (Å²) >= 11 is 0. The van der Waals surface area contributed by atoms with Gasteiger partial charge < -0.3 is 4.90 Å². The van der Waals surface area contributed by atoms with E-state index < -0.39 is 9.84 Å². The summed E-state index contributed by atoms with van der Waals surface area (Å²) in [7, 11) is -3.02. The van der Waals surface area contributed by atoms with E-state index in [4.69, 9.17) is 0 Å². The molecule has 2 aliphatic rings. The molecule has 3 rings (SSSR count). The molecule has 2 heterocycles. The van der Waals surface area contributed by atoms with E-state index in [1.165, 1.54) is 6.42 Å². The molecule has 0 radical (unpaired) electrons. The molecule has 0 N–H and O–H groups in total. The molecule has 1 aliphatic heterocycles. The first-order chi connectivity index (χ1) is 11.5. The Morgan fingerprint density at radius 1 is 1.21 bits per heavy atom. The molecular weight excluding hydrogens is 324 g/mol. The number of carbonyl (C=O) groups excluding carboxylic acids is 1. The van der Waals surface area contributed by atoms with Crippen molar-refractivity contribution in [3.05, 3.63) is 29.6 Å². The predicted octanol–water partition coefficient (Wildman–Crippen LogP) is 2.61. The number of amides is 1. The second-order valence-electron chi connectivity index (χ2n) is 6.96. The standard InChI is InChI=1S/C18H26N2O3S/c1-2-14-8-10-19-17(12-14)18(21)20(15-6-4-3-5-7-15)16-9-11-24(22,23)13-16/h8,10,12,15-16H,2-7,9,11,13H2,1H3. The SMILES string of the molecule is CCc1ccnc(C(=O)N(C2CCCCC2)C2CCS(=O)(=O)C2)c1. The molecule has 1 aromatic heterocycles. The fourth-order valence-electron chi connectivity index (χ4n) is 3.93. The Morgan fingerprint density at radius 2 is 1.96 bits per heavy atom. The summed E-state index contributed by atoms with van der Waals surface area (Å²) in [5, 5.41) is 0. The summed E-state index contributed by atoms with van der Waals surface area (Å²) in [6.07, 6.45) is 8.43. The predicted molar refractivity (Wildman–Crippen MR) is 93.7 cm³/mol. The van der Waals surface area contributed by atoms with Crippen molar-refractivity contribution in [1.82, 2.24) is 9.88 Å². The van der Waals surface area contributed by atoms with Gasteiger partial charge in [-0.2, -0.15) is 0 Å². The number of nitrogens with zero attached hydrogens (tertiary/aromatic N) is 2. The van der Waals surface area contributed by atoms with Gasteiger partial charge in [-0.15, -0.1) is 0 Å². The van der Waals surface area contributed by atoms with Crippen LogP contribution in [0.5, 0.6) is 0 Å². The summed E-state index contributed by atoms with van der Waals surface area (Å²) in [4.78, 5) is 19.3. The number of hydrogen-bond donors (Lipinski definition) is 0. The van der Waals surface area contributed by atoms with Crippen LogP contribution in [0.25, 0.3) is 0 Å². The average Bonchev–Trinajstić information content (AvgIpc) is 2.95. The molecule has 1 atom stereocenters. The monoisotopic (exact) mass is 350 g/mol. The van der Waals surface area contributed by atoms with Crippen LogP contribution < -0.4 is 0 Å². The van der Waals surface area contributed by atoms with Gasteiger partial charge in [0.25, 0.3) is 5.91 Å². The van der Waals surface area contributed by atoms with Crippen LogP contribution in [0.1, 0.15) is 61.5 Å². The molecule has 6 heteroatoms. The molecule has 2 fully saturated rings. The van der Waals surface area contributed by atoms with Crippen molar-refractivity contribution in [2.75, 3.05) is 11.5 Å². The number of sulfone groups is 1. The molecule has 1 amide bonds. The van der Waals surface area contributed by atoms with Gasteiger partial charge in [0, 0.05) is 18.3 Å². The van der Waals surface area contributed by atoms with Gasteiger partial charge in [0.05, 0.1) is 11.5 Å². The maximum atomic E-state index is 13.2. The number of aromatic nitrogens is 1. The fraction of sp³-hybridized carbons (Fsp3) is 0.667. The molecule has 24 heavy (non-hydrogen) atoms. The third-order valence-electron chi connectivity index (χ3n) is 5.26. The van der Waals surface area contributed by atoms with E-state index in [2.05, 4.69) is 4.98 Å². The van der Waals surface area contributed by atoms with E-state index in [9.17, 15) is 13.2 Å². The Bertz CT molecular complexity index is 696. The van der Waals surface area contributed by atoms with Gasteiger partial charge in [0.2, 0.25) is 0 Å². The highest BCUT2D eigenvalue weighted by Gasteiger charge is 2.39. The second-order valence-corrected chi connectivity index (χ2v) is 9.19. The normalized spacial score (nSPS) is 24.0. The number of aryl methyl sites for hydroxylation is 1. The van der Waals surface area contributed by atoms with Gasteiger partial charge in [0.15, 0.2) is 9.84 Å². The Hall–Kier alpha value is -1.43. The Morgan fingerprint density at radius 3 is 2.58 bits per heavy atom. The number of hydrogen-bond acceptors (Lipinski definition) is 4. The Balaban J connectivity index is 1.89. The Kier molecular flexibility index (Phi) is 5.23. The molecule has 0 bridgehead atoms. The highest BCUT2D eigenvalue weighted by atomic mass is 32.2. The van der Waals surface area contributed by atoms with Crippen LogP contribution in [0.2, 0.25) is 0 Å². The van der Waals surface area contributed by atoms with Crippen molar-refractivity contribution in [2.45, 2.75) is 64.0 Å². The second kappa shape index (κ2) is 7.21. The first kappa shape index (κ1) is 17.4. The maximum Gasteiger partial charge on any atom is 0.272 e. The van der Waals surface area contributed by atoms with Crippen LogP contribution in [0.15, 0.2) is 18.3 Å². The first-order valence-corrected chi connectivity index (χ1v) is 10.8. The van der Waals surface area contributed by atoms with E-state index in [0.29, 0.717) is 12.1 Å². The van der Waals surface area contributed by atoms with E-state index in [-0.39, 0.29) is 29.5 Å². The highest BCUT2D eigenvalue weighted by molar-refractivity contribution is 7.91. The van der Waals surface area contributed by atoms with Gasteiger partial charge >= 0.3 is 0 Å². The van der Waals surface area contributed by atoms with Crippen molar-refractivity contribution in [3.63, 3.8) is 0 Å². The molecule has 1 saturated heterocycles. The number of rotatable bonds is 4. The summed E-state index contributed by atoms with van der Waals surface area (Å²) in [6, 6.07) is 3.72. The van der Waals surface area contributed by atoms with Crippen molar-refractivity contribution in [3.8, 4) is 0 Å². The molecule has 132 valence electrons. The highest BCUT2D eigenvalue weighted by Crippen LogP contribution is 2.29. The molecule has 5 nitrogen and oxygen atoms in total. The molecule has 1 aromatic rings. The quantitative estimate of drug-likeness (QED) is 0.837. The summed E-state index contributed by atoms with van der Waals surface area (Å²) in [5.41, 5.74) is 1.53. The molecule has 0 spiro atoms. The van der Waals surface area contributed by atoms with Crippen LogP contribution in [-0.4, -0.2) is 47.8 Å². The van der Waals surface area contributed by atoms with Crippen molar-refractivity contribution < 1.29 is 13.2 Å². The van der Waals surface area contributed by atoms with Gasteiger partial charge in [-0.05, 0) is 43.4 Å². The topological polar surface area (TPSA) is 67.3 Å². The average molecular weight is 350 g/mol. The van der Waals surface area contributed by atoms with Gasteiger partial charge in [-0.3, -0.25) is 9.78 Å². The lowest BCUT2D eigenvalue weighted by Gasteiger charge is -2.38. The lowest BCUT2D eigenvalue weighted by Crippen LogP contribution is -2.48. The van der Waals surface area contributed by atoms with Crippen molar-refractivity contribution >= 4 is 15.7 Å². The van der Waals surface area contributed by atoms with E-state index in [1.807, 2.05) is 24.0 Å². The minimum atomic E-state index is -3.02. The molecule has 1 saturated carbocycles. The van der Waals surface area contributed by atoms with E-state index in [1.54, 1.807) is 6.20 Å². The van der Waals surface area contributed by atoms with Crippen LogP contribution in [-0.2, 0) is 16.3 Å². The number of carbonyl (C=O) groups is 1. The third kappa shape index (κ3) is 3.79. The molecule has 1 unspecified atom stereocenters. The van der Waals surface area contributed by atoms with E-state index >= 15 is 0 Å². The zero-order valence-corrected chi connectivity index (χ0v) is 15.1. The van der Waals surface area contributed by atoms with Gasteiger partial charge in [-0.25, -0.2) is 8.42 Å². The largest absolute Gasteiger partial charge is 0.330 e. The number of pyridine rings is 1. The lowest BCUT2D eigenvalue weighted by molar-refractivity contribution is 0.0535. The lowest BCUT2D eigenvalue weighted by atomic mass is 9.92. The minimum Gasteiger partial charge on any atom is -0.330 e. The molecule has 1 aliphatic carbocycles. The van der Waals surface area contributed by atoms with Crippen molar-refractivity contribution in [1.29, 1.82) is 0 Å². The molecule has 0 aromatic carbocycles. The molecular formula is C18H26N2O3S. The smallest absolute Gasteiger partial charge is 0.272 e. The Labute approximate surface area is 144 Å². The summed E-state index contributed by atoms with van der Waals surface area (Å²) < 4.78 is 23.9. The van der Waals surface area contributed by atoms with Gasteiger partial charge in [-0.1, -0.05) is 26.2 Å². The zero-order valence-electron chi connectivity index (χ0n) is 14.3.